The molecule has 0 spiro atoms. The molecule has 13 heteroatoms. The summed E-state index contributed by atoms with van der Waals surface area (Å²) in [6.07, 6.45) is -2.51. The highest BCUT2D eigenvalue weighted by atomic mass is 19.4. The van der Waals surface area contributed by atoms with Gasteiger partial charge in [0.1, 0.15) is 0 Å². The van der Waals surface area contributed by atoms with Gasteiger partial charge in [0.05, 0.1) is 22.5 Å². The molecule has 1 aliphatic heterocycles. The smallest absolute Gasteiger partial charge is 0.392 e. The van der Waals surface area contributed by atoms with E-state index in [0.717, 1.165) is 16.8 Å². The van der Waals surface area contributed by atoms with E-state index in [1.807, 2.05) is 0 Å². The van der Waals surface area contributed by atoms with Gasteiger partial charge in [-0.1, -0.05) is 0 Å². The average molecular weight is 429 g/mol. The Hall–Kier alpha value is -3.22. The van der Waals surface area contributed by atoms with Crippen molar-refractivity contribution in [3.8, 4) is 0 Å². The maximum atomic E-state index is 12.9. The lowest BCUT2D eigenvalue weighted by Crippen LogP contribution is -2.37. The third-order valence-corrected chi connectivity index (χ3v) is 5.15. The summed E-state index contributed by atoms with van der Waals surface area (Å²) in [5.74, 6) is 0. The molecule has 1 saturated heterocycles. The third kappa shape index (κ3) is 3.92. The maximum absolute atomic E-state index is 12.9. The van der Waals surface area contributed by atoms with Gasteiger partial charge in [-0.15, -0.1) is 0 Å². The largest absolute Gasteiger partial charge is 0.435 e. The summed E-state index contributed by atoms with van der Waals surface area (Å²) in [6.45, 7) is 1.05. The first kappa shape index (κ1) is 21.5. The summed E-state index contributed by atoms with van der Waals surface area (Å²) >= 11 is 0. The topological polar surface area (TPSA) is 128 Å². The molecule has 10 nitrogen and oxygen atoms in total. The normalized spacial score (nSPS) is 17.2. The minimum atomic E-state index is -4.60. The molecule has 0 radical (unpaired) electrons. The predicted octanol–water partition coefficient (Wildman–Crippen LogP) is 3.36. The van der Waals surface area contributed by atoms with Crippen LogP contribution in [-0.4, -0.2) is 37.8 Å². The zero-order chi connectivity index (χ0) is 22.2. The first-order valence-electron chi connectivity index (χ1n) is 8.98. The number of benzene rings is 1. The van der Waals surface area contributed by atoms with Crippen molar-refractivity contribution in [3.05, 3.63) is 55.4 Å². The number of aliphatic hydroxyl groups excluding tert-OH is 1. The molecule has 1 unspecified atom stereocenters. The lowest BCUT2D eigenvalue weighted by Gasteiger charge is -2.34. The number of anilines is 1. The second kappa shape index (κ2) is 7.89. The molecule has 2 heterocycles. The number of alkyl halides is 3. The van der Waals surface area contributed by atoms with Crippen LogP contribution in [0, 0.1) is 27.2 Å². The van der Waals surface area contributed by atoms with Gasteiger partial charge >= 0.3 is 11.9 Å². The van der Waals surface area contributed by atoms with Crippen molar-refractivity contribution >= 4 is 17.1 Å². The molecular formula is C17H18F3N5O5. The van der Waals surface area contributed by atoms with Crippen molar-refractivity contribution < 1.29 is 28.1 Å². The molecule has 0 aliphatic carbocycles. The quantitative estimate of drug-likeness (QED) is 0.570. The number of nitro groups is 2. The number of piperidine rings is 1. The van der Waals surface area contributed by atoms with Gasteiger partial charge in [0, 0.05) is 30.9 Å². The number of aliphatic hydroxyl groups is 1. The van der Waals surface area contributed by atoms with Crippen LogP contribution < -0.4 is 4.90 Å². The fraction of sp³-hybridized carbons (Fsp3) is 0.471. The van der Waals surface area contributed by atoms with E-state index in [0.29, 0.717) is 12.8 Å². The Kier molecular flexibility index (Phi) is 5.65. The van der Waals surface area contributed by atoms with E-state index in [-0.39, 0.29) is 29.9 Å². The average Bonchev–Trinajstić information content (AvgIpc) is 3.18. The Labute approximate surface area is 167 Å². The van der Waals surface area contributed by atoms with Crippen molar-refractivity contribution in [2.24, 2.45) is 0 Å². The van der Waals surface area contributed by atoms with Crippen molar-refractivity contribution in [1.82, 2.24) is 9.78 Å². The van der Waals surface area contributed by atoms with Crippen molar-refractivity contribution in [3.63, 3.8) is 0 Å². The van der Waals surface area contributed by atoms with Crippen LogP contribution in [-0.2, 0) is 12.8 Å². The van der Waals surface area contributed by atoms with Crippen molar-refractivity contribution in [2.45, 2.75) is 38.6 Å². The van der Waals surface area contributed by atoms with Crippen LogP contribution in [0.15, 0.2) is 18.3 Å². The van der Waals surface area contributed by atoms with E-state index >= 15 is 0 Å². The minimum absolute atomic E-state index is 0.0125. The number of halogens is 3. The van der Waals surface area contributed by atoms with E-state index in [4.69, 9.17) is 0 Å². The van der Waals surface area contributed by atoms with E-state index in [1.54, 1.807) is 0 Å². The van der Waals surface area contributed by atoms with Gasteiger partial charge in [-0.3, -0.25) is 24.9 Å². The Balaban J connectivity index is 2.04. The van der Waals surface area contributed by atoms with E-state index in [9.17, 15) is 38.5 Å². The summed E-state index contributed by atoms with van der Waals surface area (Å²) in [6, 6.07) is 1.38. The third-order valence-electron chi connectivity index (χ3n) is 5.15. The summed E-state index contributed by atoms with van der Waals surface area (Å²) in [5.41, 5.74) is -2.14. The minimum Gasteiger partial charge on any atom is -0.392 e. The molecule has 1 aromatic carbocycles. The Morgan fingerprint density at radius 3 is 2.53 bits per heavy atom. The molecule has 30 heavy (non-hydrogen) atoms. The zero-order valence-electron chi connectivity index (χ0n) is 15.8. The number of aromatic nitrogens is 2. The van der Waals surface area contributed by atoms with Crippen molar-refractivity contribution in [2.75, 3.05) is 18.0 Å². The van der Waals surface area contributed by atoms with Gasteiger partial charge in [-0.2, -0.15) is 18.3 Å². The standard InChI is InChI=1S/C17H18F3N5O5/c1-10-11(9-26)7-13(24(27)28)16(15(10)25(29)30)22-5-2-3-12(8-22)23-6-4-14(21-23)17(18,19)20/h4,6-7,12,26H,2-3,5,8-9H2,1H3. The molecule has 3 rings (SSSR count). The van der Waals surface area contributed by atoms with Gasteiger partial charge in [-0.25, -0.2) is 0 Å². The molecular weight excluding hydrogens is 411 g/mol. The fourth-order valence-corrected chi connectivity index (χ4v) is 3.70. The van der Waals surface area contributed by atoms with Crippen molar-refractivity contribution in [1.29, 1.82) is 0 Å². The van der Waals surface area contributed by atoms with Crippen LogP contribution in [0.4, 0.5) is 30.2 Å². The van der Waals surface area contributed by atoms with E-state index in [1.165, 1.54) is 18.0 Å². The second-order valence-corrected chi connectivity index (χ2v) is 6.97. The van der Waals surface area contributed by atoms with Gasteiger partial charge < -0.3 is 10.0 Å². The highest BCUT2D eigenvalue weighted by Crippen LogP contribution is 2.43. The molecule has 1 aliphatic rings. The number of hydrogen-bond acceptors (Lipinski definition) is 7. The molecule has 0 saturated carbocycles. The molecule has 1 atom stereocenters. The Morgan fingerprint density at radius 1 is 1.30 bits per heavy atom. The molecule has 1 fully saturated rings. The number of nitro benzene ring substituents is 2. The SMILES string of the molecule is Cc1c(CO)cc([N+](=O)[O-])c(N2CCCC(n3ccc(C(F)(F)F)n3)C2)c1[N+](=O)[O-]. The first-order valence-corrected chi connectivity index (χ1v) is 8.98. The highest BCUT2D eigenvalue weighted by Gasteiger charge is 2.38. The monoisotopic (exact) mass is 429 g/mol. The van der Waals surface area contributed by atoms with Gasteiger partial charge in [0.15, 0.2) is 11.4 Å². The molecule has 162 valence electrons. The van der Waals surface area contributed by atoms with Gasteiger partial charge in [0.25, 0.3) is 5.69 Å². The summed E-state index contributed by atoms with van der Waals surface area (Å²) < 4.78 is 39.7. The fourth-order valence-electron chi connectivity index (χ4n) is 3.70. The predicted molar refractivity (Wildman–Crippen MR) is 98.1 cm³/mol. The second-order valence-electron chi connectivity index (χ2n) is 6.97. The molecule has 1 aromatic heterocycles. The number of rotatable bonds is 5. The van der Waals surface area contributed by atoms with Gasteiger partial charge in [-0.05, 0) is 31.4 Å². The van der Waals surface area contributed by atoms with E-state index < -0.39 is 45.7 Å². The Morgan fingerprint density at radius 2 is 2.00 bits per heavy atom. The number of nitrogens with zero attached hydrogens (tertiary/aromatic N) is 5. The number of hydrogen-bond donors (Lipinski definition) is 1. The highest BCUT2D eigenvalue weighted by molar-refractivity contribution is 5.79. The summed E-state index contributed by atoms with van der Waals surface area (Å²) in [4.78, 5) is 23.3. The molecule has 0 amide bonds. The zero-order valence-corrected chi connectivity index (χ0v) is 15.8. The van der Waals surface area contributed by atoms with Crippen LogP contribution in [0.3, 0.4) is 0 Å². The first-order chi connectivity index (χ1) is 14.0. The van der Waals surface area contributed by atoms with Gasteiger partial charge in [0.2, 0.25) is 0 Å². The van der Waals surface area contributed by atoms with Crippen LogP contribution in [0.5, 0.6) is 0 Å². The van der Waals surface area contributed by atoms with Crippen LogP contribution >= 0.6 is 0 Å². The van der Waals surface area contributed by atoms with Crippen LogP contribution in [0.25, 0.3) is 0 Å². The summed E-state index contributed by atoms with van der Waals surface area (Å²) in [5, 5.41) is 36.3. The lowest BCUT2D eigenvalue weighted by molar-refractivity contribution is -0.393. The molecule has 2 aromatic rings. The summed E-state index contributed by atoms with van der Waals surface area (Å²) in [7, 11) is 0. The molecule has 1 N–H and O–H groups in total. The lowest BCUT2D eigenvalue weighted by atomic mass is 10.00. The van der Waals surface area contributed by atoms with Crippen LogP contribution in [0.1, 0.15) is 35.7 Å². The van der Waals surface area contributed by atoms with Crippen LogP contribution in [0.2, 0.25) is 0 Å². The Bertz CT molecular complexity index is 991. The molecule has 0 bridgehead atoms. The van der Waals surface area contributed by atoms with E-state index in [2.05, 4.69) is 5.10 Å². The maximum Gasteiger partial charge on any atom is 0.435 e.